The topological polar surface area (TPSA) is 75.6 Å². The summed E-state index contributed by atoms with van der Waals surface area (Å²) in [4.78, 5) is 23.4. The molecule has 0 fully saturated rings. The zero-order valence-electron chi connectivity index (χ0n) is 17.0. The van der Waals surface area contributed by atoms with E-state index in [1.807, 2.05) is 63.2 Å². The molecule has 0 saturated heterocycles. The maximum absolute atomic E-state index is 11.8. The molecule has 0 saturated carbocycles. The standard InChI is InChI=1S/C23H31NO4/c1-23(2,3)28-22(27)24-16-9-5-4-6-14-20(21(25)26)19-15-10-12-17-11-7-8-13-18(17)19/h7-8,10-13,15,20H,4-6,9,14,16H2,1-3H3,(H,24,27)(H,25,26). The molecule has 1 amide bonds. The minimum absolute atomic E-state index is 0.394. The molecule has 2 rings (SSSR count). The van der Waals surface area contributed by atoms with Gasteiger partial charge in [0.2, 0.25) is 0 Å². The Morgan fingerprint density at radius 3 is 2.39 bits per heavy atom. The van der Waals surface area contributed by atoms with Crippen molar-refractivity contribution < 1.29 is 19.4 Å². The SMILES string of the molecule is CC(C)(C)OC(=O)NCCCCCCC(C(=O)O)c1cccc2ccccc12. The number of hydrogen-bond donors (Lipinski definition) is 2. The number of benzene rings is 2. The number of hydrogen-bond acceptors (Lipinski definition) is 3. The van der Waals surface area contributed by atoms with Crippen molar-refractivity contribution in [3.63, 3.8) is 0 Å². The summed E-state index contributed by atoms with van der Waals surface area (Å²) in [6, 6.07) is 13.8. The van der Waals surface area contributed by atoms with Crippen molar-refractivity contribution >= 4 is 22.8 Å². The van der Waals surface area contributed by atoms with Crippen molar-refractivity contribution in [2.24, 2.45) is 0 Å². The molecule has 1 unspecified atom stereocenters. The molecular weight excluding hydrogens is 354 g/mol. The largest absolute Gasteiger partial charge is 0.481 e. The van der Waals surface area contributed by atoms with Gasteiger partial charge in [0.25, 0.3) is 0 Å². The van der Waals surface area contributed by atoms with Crippen molar-refractivity contribution in [3.05, 3.63) is 48.0 Å². The lowest BCUT2D eigenvalue weighted by atomic mass is 9.89. The van der Waals surface area contributed by atoms with E-state index in [0.717, 1.165) is 42.0 Å². The van der Waals surface area contributed by atoms with Gasteiger partial charge in [0.1, 0.15) is 5.60 Å². The fourth-order valence-corrected chi connectivity index (χ4v) is 3.30. The normalized spacial score (nSPS) is 12.5. The molecule has 0 spiro atoms. The number of ether oxygens (including phenoxy) is 1. The van der Waals surface area contributed by atoms with Crippen LogP contribution in [-0.4, -0.2) is 29.3 Å². The highest BCUT2D eigenvalue weighted by molar-refractivity contribution is 5.90. The van der Waals surface area contributed by atoms with E-state index in [0.29, 0.717) is 13.0 Å². The smallest absolute Gasteiger partial charge is 0.407 e. The molecule has 1 atom stereocenters. The molecule has 2 aromatic carbocycles. The highest BCUT2D eigenvalue weighted by atomic mass is 16.6. The number of fused-ring (bicyclic) bond motifs is 1. The van der Waals surface area contributed by atoms with E-state index in [9.17, 15) is 14.7 Å². The fraction of sp³-hybridized carbons (Fsp3) is 0.478. The van der Waals surface area contributed by atoms with Crippen LogP contribution in [0.5, 0.6) is 0 Å². The van der Waals surface area contributed by atoms with Crippen LogP contribution in [0, 0.1) is 0 Å². The summed E-state index contributed by atoms with van der Waals surface area (Å²) in [7, 11) is 0. The molecular formula is C23H31NO4. The van der Waals surface area contributed by atoms with Crippen LogP contribution in [-0.2, 0) is 9.53 Å². The Hall–Kier alpha value is -2.56. The first kappa shape index (κ1) is 21.7. The zero-order chi connectivity index (χ0) is 20.6. The Morgan fingerprint density at radius 1 is 1.00 bits per heavy atom. The van der Waals surface area contributed by atoms with Crippen LogP contribution in [0.2, 0.25) is 0 Å². The summed E-state index contributed by atoms with van der Waals surface area (Å²) < 4.78 is 5.19. The molecule has 28 heavy (non-hydrogen) atoms. The van der Waals surface area contributed by atoms with E-state index in [1.165, 1.54) is 0 Å². The van der Waals surface area contributed by atoms with Gasteiger partial charge in [0.15, 0.2) is 0 Å². The lowest BCUT2D eigenvalue weighted by Crippen LogP contribution is -2.32. The minimum atomic E-state index is -0.775. The third-order valence-electron chi connectivity index (χ3n) is 4.58. The first-order valence-electron chi connectivity index (χ1n) is 9.95. The lowest BCUT2D eigenvalue weighted by molar-refractivity contribution is -0.139. The number of amides is 1. The van der Waals surface area contributed by atoms with Crippen molar-refractivity contribution in [1.29, 1.82) is 0 Å². The molecule has 0 bridgehead atoms. The number of carbonyl (C=O) groups excluding carboxylic acids is 1. The molecule has 5 heteroatoms. The monoisotopic (exact) mass is 385 g/mol. The number of aliphatic carboxylic acids is 1. The Kier molecular flexibility index (Phi) is 7.85. The number of rotatable bonds is 9. The Morgan fingerprint density at radius 2 is 1.68 bits per heavy atom. The molecule has 0 aliphatic rings. The average molecular weight is 386 g/mol. The van der Waals surface area contributed by atoms with E-state index in [1.54, 1.807) is 0 Å². The van der Waals surface area contributed by atoms with Gasteiger partial charge < -0.3 is 15.2 Å². The predicted octanol–water partition coefficient (Wildman–Crippen LogP) is 5.48. The number of carboxylic acids is 1. The van der Waals surface area contributed by atoms with Gasteiger partial charge in [-0.3, -0.25) is 4.79 Å². The van der Waals surface area contributed by atoms with Gasteiger partial charge in [-0.05, 0) is 49.9 Å². The van der Waals surface area contributed by atoms with Gasteiger partial charge in [-0.15, -0.1) is 0 Å². The Bertz CT molecular complexity index is 789. The van der Waals surface area contributed by atoms with E-state index >= 15 is 0 Å². The number of carbonyl (C=O) groups is 2. The minimum Gasteiger partial charge on any atom is -0.481 e. The van der Waals surface area contributed by atoms with Crippen LogP contribution in [0.25, 0.3) is 10.8 Å². The summed E-state index contributed by atoms with van der Waals surface area (Å²) in [5, 5.41) is 14.5. The summed E-state index contributed by atoms with van der Waals surface area (Å²) in [6.45, 7) is 6.07. The van der Waals surface area contributed by atoms with Crippen LogP contribution in [0.15, 0.2) is 42.5 Å². The molecule has 152 valence electrons. The van der Waals surface area contributed by atoms with Gasteiger partial charge >= 0.3 is 12.1 Å². The van der Waals surface area contributed by atoms with Crippen molar-refractivity contribution in [3.8, 4) is 0 Å². The molecule has 2 N–H and O–H groups in total. The first-order chi connectivity index (χ1) is 13.3. The van der Waals surface area contributed by atoms with Crippen LogP contribution >= 0.6 is 0 Å². The number of carboxylic acid groups (broad SMARTS) is 1. The Balaban J connectivity index is 1.77. The number of alkyl carbamates (subject to hydrolysis) is 1. The van der Waals surface area contributed by atoms with Crippen molar-refractivity contribution in [2.45, 2.75) is 64.4 Å². The van der Waals surface area contributed by atoms with Gasteiger partial charge in [-0.1, -0.05) is 61.7 Å². The molecule has 5 nitrogen and oxygen atoms in total. The predicted molar refractivity (Wildman–Crippen MR) is 112 cm³/mol. The molecule has 2 aromatic rings. The quantitative estimate of drug-likeness (QED) is 0.560. The van der Waals surface area contributed by atoms with Gasteiger partial charge in [0.05, 0.1) is 5.92 Å². The zero-order valence-corrected chi connectivity index (χ0v) is 17.0. The van der Waals surface area contributed by atoms with Crippen molar-refractivity contribution in [1.82, 2.24) is 5.32 Å². The van der Waals surface area contributed by atoms with E-state index in [-0.39, 0.29) is 0 Å². The van der Waals surface area contributed by atoms with E-state index in [4.69, 9.17) is 4.74 Å². The van der Waals surface area contributed by atoms with E-state index in [2.05, 4.69) is 5.32 Å². The average Bonchev–Trinajstić information content (AvgIpc) is 2.62. The summed E-state index contributed by atoms with van der Waals surface area (Å²) >= 11 is 0. The van der Waals surface area contributed by atoms with Crippen molar-refractivity contribution in [2.75, 3.05) is 6.54 Å². The lowest BCUT2D eigenvalue weighted by Gasteiger charge is -2.19. The summed E-state index contributed by atoms with van der Waals surface area (Å²) in [5.41, 5.74) is 0.398. The number of nitrogens with one attached hydrogen (secondary N) is 1. The molecule has 0 radical (unpaired) electrons. The molecule has 0 aliphatic carbocycles. The number of unbranched alkanes of at least 4 members (excludes halogenated alkanes) is 3. The first-order valence-corrected chi connectivity index (χ1v) is 9.95. The third-order valence-corrected chi connectivity index (χ3v) is 4.58. The molecule has 0 aliphatic heterocycles. The molecule has 0 aromatic heterocycles. The Labute approximate surface area is 167 Å². The van der Waals surface area contributed by atoms with Gasteiger partial charge in [-0.25, -0.2) is 4.79 Å². The fourth-order valence-electron chi connectivity index (χ4n) is 3.30. The highest BCUT2D eigenvalue weighted by Crippen LogP contribution is 2.29. The van der Waals surface area contributed by atoms with Crippen LogP contribution < -0.4 is 5.32 Å². The van der Waals surface area contributed by atoms with Crippen LogP contribution in [0.3, 0.4) is 0 Å². The summed E-state index contributed by atoms with van der Waals surface area (Å²) in [5.74, 6) is -1.27. The summed E-state index contributed by atoms with van der Waals surface area (Å²) in [6.07, 6.45) is 3.79. The highest BCUT2D eigenvalue weighted by Gasteiger charge is 2.21. The van der Waals surface area contributed by atoms with E-state index < -0.39 is 23.6 Å². The van der Waals surface area contributed by atoms with Crippen LogP contribution in [0.4, 0.5) is 4.79 Å². The molecule has 0 heterocycles. The maximum atomic E-state index is 11.8. The maximum Gasteiger partial charge on any atom is 0.407 e. The second-order valence-electron chi connectivity index (χ2n) is 8.09. The second kappa shape index (κ2) is 10.1. The van der Waals surface area contributed by atoms with Gasteiger partial charge in [0, 0.05) is 6.54 Å². The van der Waals surface area contributed by atoms with Crippen LogP contribution in [0.1, 0.15) is 64.4 Å². The van der Waals surface area contributed by atoms with Gasteiger partial charge in [-0.2, -0.15) is 0 Å². The third kappa shape index (κ3) is 6.87. The second-order valence-corrected chi connectivity index (χ2v) is 8.09.